The largest absolute Gasteiger partial charge is 0.392 e. The fourth-order valence-electron chi connectivity index (χ4n) is 3.87. The number of hydrogen-bond donors (Lipinski definition) is 1. The fraction of sp³-hybridized carbons (Fsp3) is 0.364. The number of likely N-dealkylation sites (tertiary alicyclic amines) is 1. The lowest BCUT2D eigenvalue weighted by Gasteiger charge is -2.29. The number of rotatable bonds is 6. The van der Waals surface area contributed by atoms with Gasteiger partial charge in [-0.15, -0.1) is 5.10 Å². The van der Waals surface area contributed by atoms with Crippen molar-refractivity contribution in [2.24, 2.45) is 0 Å². The third-order valence-corrected chi connectivity index (χ3v) is 7.81. The van der Waals surface area contributed by atoms with Gasteiger partial charge in [0.05, 0.1) is 23.4 Å². The minimum atomic E-state index is -3.64. The van der Waals surface area contributed by atoms with Crippen molar-refractivity contribution < 1.29 is 17.9 Å². The van der Waals surface area contributed by atoms with Gasteiger partial charge in [-0.05, 0) is 61.5 Å². The predicted molar refractivity (Wildman–Crippen MR) is 125 cm³/mol. The maximum atomic E-state index is 13.6. The van der Waals surface area contributed by atoms with Crippen LogP contribution in [0.5, 0.6) is 0 Å². The van der Waals surface area contributed by atoms with Crippen molar-refractivity contribution in [2.45, 2.75) is 30.5 Å². The number of benzene rings is 2. The quantitative estimate of drug-likeness (QED) is 0.534. The van der Waals surface area contributed by atoms with Gasteiger partial charge in [0.25, 0.3) is 0 Å². The van der Waals surface area contributed by atoms with E-state index in [1.165, 1.54) is 32.3 Å². The van der Waals surface area contributed by atoms with Gasteiger partial charge in [-0.1, -0.05) is 12.1 Å². The Labute approximate surface area is 197 Å². The molecule has 3 aromatic rings. The van der Waals surface area contributed by atoms with Gasteiger partial charge < -0.3 is 5.11 Å². The molecule has 1 unspecified atom stereocenters. The molecule has 11 heteroatoms. The standard InChI is InChI=1S/C22H26FN5O3S2/c1-25(2)33(30,31)20-7-3-5-16(13-20)21-24-27(15-26-12-4-6-19(29)14-26)22(32)28(21)18-10-8-17(23)9-11-18/h3,5,7-11,13,19,29H,4,6,12,14-15H2,1-2H3. The number of aliphatic hydroxyl groups excluding tert-OH is 1. The smallest absolute Gasteiger partial charge is 0.242 e. The first-order valence-corrected chi connectivity index (χ1v) is 12.4. The highest BCUT2D eigenvalue weighted by Crippen LogP contribution is 2.26. The van der Waals surface area contributed by atoms with Crippen LogP contribution in [0.4, 0.5) is 4.39 Å². The highest BCUT2D eigenvalue weighted by molar-refractivity contribution is 7.89. The van der Waals surface area contributed by atoms with Gasteiger partial charge in [-0.25, -0.2) is 21.8 Å². The van der Waals surface area contributed by atoms with Crippen LogP contribution >= 0.6 is 12.2 Å². The SMILES string of the molecule is CN(C)S(=O)(=O)c1cccc(-c2nn(CN3CCCC(O)C3)c(=S)n2-c2ccc(F)cc2)c1. The molecular formula is C22H26FN5O3S2. The topological polar surface area (TPSA) is 83.6 Å². The number of nitrogens with zero attached hydrogens (tertiary/aromatic N) is 5. The van der Waals surface area contributed by atoms with E-state index in [2.05, 4.69) is 4.90 Å². The minimum Gasteiger partial charge on any atom is -0.392 e. The molecule has 2 aromatic carbocycles. The highest BCUT2D eigenvalue weighted by Gasteiger charge is 2.23. The van der Waals surface area contributed by atoms with Crippen LogP contribution in [0.25, 0.3) is 17.1 Å². The summed E-state index contributed by atoms with van der Waals surface area (Å²) in [5.41, 5.74) is 1.17. The molecule has 0 radical (unpaired) electrons. The van der Waals surface area contributed by atoms with Gasteiger partial charge in [0.2, 0.25) is 14.8 Å². The number of piperidine rings is 1. The van der Waals surface area contributed by atoms with Crippen LogP contribution in [0.3, 0.4) is 0 Å². The van der Waals surface area contributed by atoms with Crippen LogP contribution in [-0.2, 0) is 16.7 Å². The molecule has 4 rings (SSSR count). The minimum absolute atomic E-state index is 0.135. The molecule has 1 N–H and O–H groups in total. The maximum absolute atomic E-state index is 13.6. The Hall–Kier alpha value is -2.44. The summed E-state index contributed by atoms with van der Waals surface area (Å²) >= 11 is 5.73. The van der Waals surface area contributed by atoms with Crippen molar-refractivity contribution in [2.75, 3.05) is 27.2 Å². The molecule has 1 aliphatic heterocycles. The van der Waals surface area contributed by atoms with E-state index in [-0.39, 0.29) is 16.8 Å². The fourth-order valence-corrected chi connectivity index (χ4v) is 5.10. The van der Waals surface area contributed by atoms with Crippen LogP contribution in [0.15, 0.2) is 53.4 Å². The second-order valence-corrected chi connectivity index (χ2v) is 10.8. The highest BCUT2D eigenvalue weighted by atomic mass is 32.2. The molecular weight excluding hydrogens is 465 g/mol. The Balaban J connectivity index is 1.83. The molecule has 33 heavy (non-hydrogen) atoms. The molecule has 1 aromatic heterocycles. The Bertz CT molecular complexity index is 1300. The third kappa shape index (κ3) is 4.92. The average molecular weight is 492 g/mol. The van der Waals surface area contributed by atoms with Crippen molar-refractivity contribution in [3.8, 4) is 17.1 Å². The number of aromatic nitrogens is 3. The lowest BCUT2D eigenvalue weighted by Crippen LogP contribution is -2.39. The lowest BCUT2D eigenvalue weighted by atomic mass is 10.1. The molecule has 1 aliphatic rings. The van der Waals surface area contributed by atoms with Crippen molar-refractivity contribution in [1.29, 1.82) is 0 Å². The molecule has 1 atom stereocenters. The summed E-state index contributed by atoms with van der Waals surface area (Å²) in [5, 5.41) is 14.7. The van der Waals surface area contributed by atoms with E-state index in [1.807, 2.05) is 0 Å². The van der Waals surface area contributed by atoms with Crippen LogP contribution < -0.4 is 0 Å². The maximum Gasteiger partial charge on any atom is 0.242 e. The second kappa shape index (κ2) is 9.43. The van der Waals surface area contributed by atoms with Gasteiger partial charge in [0.1, 0.15) is 5.82 Å². The van der Waals surface area contributed by atoms with Crippen LogP contribution in [-0.4, -0.2) is 70.4 Å². The molecule has 1 fully saturated rings. The number of hydrogen-bond acceptors (Lipinski definition) is 6. The van der Waals surface area contributed by atoms with E-state index >= 15 is 0 Å². The molecule has 1 saturated heterocycles. The molecule has 0 aliphatic carbocycles. The summed E-state index contributed by atoms with van der Waals surface area (Å²) in [6.07, 6.45) is 1.26. The van der Waals surface area contributed by atoms with Crippen molar-refractivity contribution in [1.82, 2.24) is 23.6 Å². The van der Waals surface area contributed by atoms with Crippen LogP contribution in [0, 0.1) is 10.6 Å². The molecule has 0 spiro atoms. The molecule has 0 amide bonds. The zero-order chi connectivity index (χ0) is 23.8. The summed E-state index contributed by atoms with van der Waals surface area (Å²) in [7, 11) is -0.693. The normalized spacial score (nSPS) is 17.5. The van der Waals surface area contributed by atoms with Gasteiger partial charge in [-0.3, -0.25) is 9.47 Å². The Kier molecular flexibility index (Phi) is 6.78. The third-order valence-electron chi connectivity index (χ3n) is 5.61. The first kappa shape index (κ1) is 23.7. The van der Waals surface area contributed by atoms with Gasteiger partial charge in [0.15, 0.2) is 5.82 Å². The van der Waals surface area contributed by atoms with E-state index < -0.39 is 10.0 Å². The Morgan fingerprint density at radius 1 is 1.21 bits per heavy atom. The summed E-state index contributed by atoms with van der Waals surface area (Å²) < 4.78 is 43.8. The van der Waals surface area contributed by atoms with Crippen LogP contribution in [0.2, 0.25) is 0 Å². The van der Waals surface area contributed by atoms with Crippen molar-refractivity contribution in [3.05, 3.63) is 59.1 Å². The van der Waals surface area contributed by atoms with Crippen molar-refractivity contribution in [3.63, 3.8) is 0 Å². The Morgan fingerprint density at radius 3 is 2.61 bits per heavy atom. The summed E-state index contributed by atoms with van der Waals surface area (Å²) in [5.74, 6) is 0.0700. The average Bonchev–Trinajstić information content (AvgIpc) is 3.10. The first-order valence-electron chi connectivity index (χ1n) is 10.6. The van der Waals surface area contributed by atoms with Crippen LogP contribution in [0.1, 0.15) is 12.8 Å². The summed E-state index contributed by atoms with van der Waals surface area (Å²) in [4.78, 5) is 2.21. The zero-order valence-electron chi connectivity index (χ0n) is 18.4. The number of aliphatic hydroxyl groups is 1. The predicted octanol–water partition coefficient (Wildman–Crippen LogP) is 2.87. The molecule has 0 saturated carbocycles. The van der Waals surface area contributed by atoms with Crippen molar-refractivity contribution >= 4 is 22.2 Å². The number of sulfonamides is 1. The van der Waals surface area contributed by atoms with Gasteiger partial charge in [0, 0.05) is 32.7 Å². The monoisotopic (exact) mass is 491 g/mol. The van der Waals surface area contributed by atoms with E-state index in [9.17, 15) is 17.9 Å². The number of β-amino-alcohol motifs (C(OH)–C–C–N with tert-alkyl or cyclic N) is 1. The van der Waals surface area contributed by atoms with Gasteiger partial charge in [-0.2, -0.15) is 0 Å². The van der Waals surface area contributed by atoms with E-state index in [0.717, 1.165) is 23.7 Å². The molecule has 176 valence electrons. The Morgan fingerprint density at radius 2 is 1.94 bits per heavy atom. The van der Waals surface area contributed by atoms with E-state index in [1.54, 1.807) is 39.6 Å². The molecule has 8 nitrogen and oxygen atoms in total. The van der Waals surface area contributed by atoms with E-state index in [0.29, 0.717) is 35.1 Å². The lowest BCUT2D eigenvalue weighted by molar-refractivity contribution is 0.0513. The molecule has 0 bridgehead atoms. The zero-order valence-corrected chi connectivity index (χ0v) is 20.1. The van der Waals surface area contributed by atoms with E-state index in [4.69, 9.17) is 17.3 Å². The summed E-state index contributed by atoms with van der Waals surface area (Å²) in [6.45, 7) is 1.72. The second-order valence-electron chi connectivity index (χ2n) is 8.25. The van der Waals surface area contributed by atoms with Gasteiger partial charge >= 0.3 is 0 Å². The molecule has 2 heterocycles. The summed E-state index contributed by atoms with van der Waals surface area (Å²) in [6, 6.07) is 12.4. The number of halogens is 1. The first-order chi connectivity index (χ1) is 15.7.